The topological polar surface area (TPSA) is 82.4 Å². The predicted octanol–water partition coefficient (Wildman–Crippen LogP) is 2.65. The zero-order chi connectivity index (χ0) is 16.2. The number of fused-ring (bicyclic) bond motifs is 1. The molecule has 6 nitrogen and oxygen atoms in total. The number of anilines is 2. The van der Waals surface area contributed by atoms with Crippen molar-refractivity contribution in [1.82, 2.24) is 0 Å². The number of benzene rings is 2. The van der Waals surface area contributed by atoms with Gasteiger partial charge in [-0.15, -0.1) is 0 Å². The summed E-state index contributed by atoms with van der Waals surface area (Å²) in [5.74, 6) is -0.307. The maximum Gasteiger partial charge on any atom is 0.415 e. The van der Waals surface area contributed by atoms with E-state index in [1.165, 1.54) is 4.90 Å². The second-order valence-electron chi connectivity index (χ2n) is 5.02. The van der Waals surface area contributed by atoms with Crippen LogP contribution in [0.3, 0.4) is 0 Å². The van der Waals surface area contributed by atoms with Crippen LogP contribution < -0.4 is 10.2 Å². The van der Waals surface area contributed by atoms with E-state index in [0.717, 1.165) is 5.56 Å². The average molecular weight is 307 g/mol. The summed E-state index contributed by atoms with van der Waals surface area (Å²) < 4.78 is 5.27. The Kier molecular flexibility index (Phi) is 3.93. The summed E-state index contributed by atoms with van der Waals surface area (Å²) in [7, 11) is 0. The first-order valence-electron chi connectivity index (χ1n) is 6.99. The molecule has 0 aromatic heterocycles. The minimum absolute atomic E-state index is 0.116. The van der Waals surface area contributed by atoms with Crippen LogP contribution in [-0.4, -0.2) is 18.5 Å². The van der Waals surface area contributed by atoms with E-state index < -0.39 is 6.09 Å². The fourth-order valence-electron chi connectivity index (χ4n) is 2.31. The van der Waals surface area contributed by atoms with Crippen molar-refractivity contribution in [2.75, 3.05) is 16.8 Å². The lowest BCUT2D eigenvalue weighted by atomic mass is 10.1. The molecule has 6 heteroatoms. The van der Waals surface area contributed by atoms with E-state index in [2.05, 4.69) is 5.32 Å². The molecule has 0 atom stereocenters. The van der Waals surface area contributed by atoms with Gasteiger partial charge < -0.3 is 10.1 Å². The quantitative estimate of drug-likeness (QED) is 0.924. The standard InChI is InChI=1S/C17H13N3O3/c18-9-13-6-7-14-15(8-13)20(10-16(21)19-14)17(22)23-11-12-4-2-1-3-5-12/h1-8H,10-11H2,(H,19,21). The van der Waals surface area contributed by atoms with Crippen LogP contribution in [0.15, 0.2) is 48.5 Å². The molecule has 0 radical (unpaired) electrons. The molecule has 23 heavy (non-hydrogen) atoms. The lowest BCUT2D eigenvalue weighted by molar-refractivity contribution is -0.115. The number of amides is 2. The predicted molar refractivity (Wildman–Crippen MR) is 83.8 cm³/mol. The first-order chi connectivity index (χ1) is 11.2. The summed E-state index contributed by atoms with van der Waals surface area (Å²) in [5, 5.41) is 11.7. The number of hydrogen-bond acceptors (Lipinski definition) is 4. The highest BCUT2D eigenvalue weighted by atomic mass is 16.6. The molecule has 3 rings (SSSR count). The Bertz CT molecular complexity index is 796. The molecule has 1 heterocycles. The molecule has 0 saturated carbocycles. The van der Waals surface area contributed by atoms with Crippen LogP contribution in [0.1, 0.15) is 11.1 Å². The second-order valence-corrected chi connectivity index (χ2v) is 5.02. The Hall–Kier alpha value is -3.33. The molecule has 2 aromatic rings. The number of carbonyl (C=O) groups is 2. The Balaban J connectivity index is 1.81. The minimum atomic E-state index is -0.625. The number of hydrogen-bond donors (Lipinski definition) is 1. The monoisotopic (exact) mass is 307 g/mol. The molecule has 1 aliphatic heterocycles. The largest absolute Gasteiger partial charge is 0.444 e. The van der Waals surface area contributed by atoms with Crippen LogP contribution in [-0.2, 0) is 16.1 Å². The van der Waals surface area contributed by atoms with Gasteiger partial charge in [-0.1, -0.05) is 30.3 Å². The van der Waals surface area contributed by atoms with Gasteiger partial charge in [-0.2, -0.15) is 5.26 Å². The van der Waals surface area contributed by atoms with Crippen molar-refractivity contribution in [2.24, 2.45) is 0 Å². The summed E-state index contributed by atoms with van der Waals surface area (Å²) >= 11 is 0. The summed E-state index contributed by atoms with van der Waals surface area (Å²) in [6, 6.07) is 16.0. The van der Waals surface area contributed by atoms with Crippen LogP contribution in [0.25, 0.3) is 0 Å². The molecule has 1 N–H and O–H groups in total. The van der Waals surface area contributed by atoms with E-state index in [-0.39, 0.29) is 19.1 Å². The molecule has 2 aromatic carbocycles. The average Bonchev–Trinajstić information content (AvgIpc) is 2.59. The highest BCUT2D eigenvalue weighted by Crippen LogP contribution is 2.30. The summed E-state index contributed by atoms with van der Waals surface area (Å²) in [6.07, 6.45) is -0.625. The van der Waals surface area contributed by atoms with Crippen molar-refractivity contribution in [3.8, 4) is 6.07 Å². The SMILES string of the molecule is N#Cc1ccc2c(c1)N(C(=O)OCc1ccccc1)CC(=O)N2. The van der Waals surface area contributed by atoms with Crippen molar-refractivity contribution in [2.45, 2.75) is 6.61 Å². The molecule has 114 valence electrons. The van der Waals surface area contributed by atoms with E-state index in [0.29, 0.717) is 16.9 Å². The number of rotatable bonds is 2. The van der Waals surface area contributed by atoms with E-state index in [9.17, 15) is 9.59 Å². The van der Waals surface area contributed by atoms with Crippen LogP contribution >= 0.6 is 0 Å². The number of nitrogens with one attached hydrogen (secondary N) is 1. The van der Waals surface area contributed by atoms with Crippen LogP contribution in [0.4, 0.5) is 16.2 Å². The number of carbonyl (C=O) groups excluding carboxylic acids is 2. The number of nitrogens with zero attached hydrogens (tertiary/aromatic N) is 2. The van der Waals surface area contributed by atoms with Crippen molar-refractivity contribution < 1.29 is 14.3 Å². The third-order valence-corrected chi connectivity index (χ3v) is 3.42. The van der Waals surface area contributed by atoms with Crippen LogP contribution in [0.5, 0.6) is 0 Å². The molecule has 2 amide bonds. The molecule has 1 aliphatic rings. The van der Waals surface area contributed by atoms with Gasteiger partial charge in [-0.25, -0.2) is 4.79 Å². The van der Waals surface area contributed by atoms with Gasteiger partial charge in [0.15, 0.2) is 0 Å². The lowest BCUT2D eigenvalue weighted by Gasteiger charge is -2.28. The lowest BCUT2D eigenvalue weighted by Crippen LogP contribution is -2.42. The zero-order valence-corrected chi connectivity index (χ0v) is 12.2. The first-order valence-corrected chi connectivity index (χ1v) is 6.99. The fourth-order valence-corrected chi connectivity index (χ4v) is 2.31. The Morgan fingerprint density at radius 2 is 2.04 bits per heavy atom. The van der Waals surface area contributed by atoms with E-state index >= 15 is 0 Å². The second kappa shape index (κ2) is 6.20. The van der Waals surface area contributed by atoms with Crippen molar-refractivity contribution in [3.05, 3.63) is 59.7 Å². The van der Waals surface area contributed by atoms with Gasteiger partial charge in [0.1, 0.15) is 13.2 Å². The fraction of sp³-hybridized carbons (Fsp3) is 0.118. The molecule has 0 aliphatic carbocycles. The maximum atomic E-state index is 12.3. The molecule has 0 fully saturated rings. The zero-order valence-electron chi connectivity index (χ0n) is 12.2. The van der Waals surface area contributed by atoms with E-state index in [4.69, 9.17) is 10.00 Å². The molecular weight excluding hydrogens is 294 g/mol. The van der Waals surface area contributed by atoms with Gasteiger partial charge in [0.25, 0.3) is 0 Å². The van der Waals surface area contributed by atoms with Gasteiger partial charge >= 0.3 is 6.09 Å². The Morgan fingerprint density at radius 1 is 1.26 bits per heavy atom. The van der Waals surface area contributed by atoms with E-state index in [1.807, 2.05) is 36.4 Å². The van der Waals surface area contributed by atoms with Gasteiger partial charge in [0, 0.05) is 0 Å². The normalized spacial score (nSPS) is 12.8. The highest BCUT2D eigenvalue weighted by Gasteiger charge is 2.28. The first kappa shape index (κ1) is 14.6. The van der Waals surface area contributed by atoms with Crippen LogP contribution in [0.2, 0.25) is 0 Å². The van der Waals surface area contributed by atoms with Gasteiger partial charge in [-0.05, 0) is 23.8 Å². The van der Waals surface area contributed by atoms with Crippen molar-refractivity contribution in [3.63, 3.8) is 0 Å². The van der Waals surface area contributed by atoms with Crippen LogP contribution in [0, 0.1) is 11.3 Å². The Labute approximate surface area is 132 Å². The third kappa shape index (κ3) is 3.14. The van der Waals surface area contributed by atoms with Gasteiger partial charge in [-0.3, -0.25) is 9.69 Å². The summed E-state index contributed by atoms with van der Waals surface area (Å²) in [5.41, 5.74) is 2.20. The molecule has 0 bridgehead atoms. The van der Waals surface area contributed by atoms with Gasteiger partial charge in [0.2, 0.25) is 5.91 Å². The molecular formula is C17H13N3O3. The van der Waals surface area contributed by atoms with Gasteiger partial charge in [0.05, 0.1) is 23.0 Å². The number of nitriles is 1. The summed E-state index contributed by atoms with van der Waals surface area (Å²) in [4.78, 5) is 25.3. The smallest absolute Gasteiger partial charge is 0.415 e. The Morgan fingerprint density at radius 3 is 2.78 bits per heavy atom. The minimum Gasteiger partial charge on any atom is -0.444 e. The summed E-state index contributed by atoms with van der Waals surface area (Å²) in [6.45, 7) is -0.0272. The molecule has 0 unspecified atom stereocenters. The van der Waals surface area contributed by atoms with Crippen molar-refractivity contribution >= 4 is 23.4 Å². The highest BCUT2D eigenvalue weighted by molar-refractivity contribution is 6.08. The van der Waals surface area contributed by atoms with Crippen molar-refractivity contribution in [1.29, 1.82) is 5.26 Å². The third-order valence-electron chi connectivity index (χ3n) is 3.42. The molecule has 0 saturated heterocycles. The maximum absolute atomic E-state index is 12.3. The number of ether oxygens (including phenoxy) is 1. The molecule has 0 spiro atoms. The van der Waals surface area contributed by atoms with E-state index in [1.54, 1.807) is 18.2 Å².